The Kier molecular flexibility index (Phi) is 4.94. The average molecular weight is 282 g/mol. The molecule has 0 spiro atoms. The third kappa shape index (κ3) is 4.52. The van der Waals surface area contributed by atoms with Gasteiger partial charge in [-0.3, -0.25) is 4.79 Å². The van der Waals surface area contributed by atoms with E-state index in [0.29, 0.717) is 5.69 Å². The van der Waals surface area contributed by atoms with Crippen molar-refractivity contribution >= 4 is 22.4 Å². The maximum absolute atomic E-state index is 12.3. The van der Waals surface area contributed by atoms with E-state index in [9.17, 15) is 18.0 Å². The minimum absolute atomic E-state index is 0.0312. The highest BCUT2D eigenvalue weighted by Gasteiger charge is 2.31. The zero-order valence-electron chi connectivity index (χ0n) is 9.95. The molecule has 0 saturated carbocycles. The van der Waals surface area contributed by atoms with Crippen molar-refractivity contribution < 1.29 is 22.7 Å². The number of carbonyl (C=O) groups is 1. The van der Waals surface area contributed by atoms with Gasteiger partial charge in [0.25, 0.3) is 0 Å². The summed E-state index contributed by atoms with van der Waals surface area (Å²) in [4.78, 5) is 16.1. The zero-order valence-corrected chi connectivity index (χ0v) is 10.8. The quantitative estimate of drug-likeness (QED) is 0.777. The maximum atomic E-state index is 12.3. The van der Waals surface area contributed by atoms with Crippen LogP contribution in [-0.2, 0) is 16.0 Å². The van der Waals surface area contributed by atoms with E-state index >= 15 is 0 Å². The third-order valence-electron chi connectivity index (χ3n) is 2.12. The molecule has 18 heavy (non-hydrogen) atoms. The van der Waals surface area contributed by atoms with Crippen LogP contribution in [0.4, 0.5) is 18.3 Å². The maximum Gasteiger partial charge on any atom is 0.406 e. The van der Waals surface area contributed by atoms with Crippen molar-refractivity contribution in [3.8, 4) is 0 Å². The molecule has 0 amide bonds. The lowest BCUT2D eigenvalue weighted by atomic mass is 10.3. The van der Waals surface area contributed by atoms with Gasteiger partial charge in [0.2, 0.25) is 0 Å². The lowest BCUT2D eigenvalue weighted by Gasteiger charge is -2.21. The number of halogens is 3. The summed E-state index contributed by atoms with van der Waals surface area (Å²) in [6, 6.07) is 0. The summed E-state index contributed by atoms with van der Waals surface area (Å²) in [7, 11) is 1.25. The fourth-order valence-corrected chi connectivity index (χ4v) is 2.16. The van der Waals surface area contributed by atoms with Crippen molar-refractivity contribution in [3.63, 3.8) is 0 Å². The number of nitrogens with zero attached hydrogens (tertiary/aromatic N) is 2. The van der Waals surface area contributed by atoms with E-state index in [1.165, 1.54) is 7.11 Å². The molecule has 8 heteroatoms. The molecule has 0 aliphatic heterocycles. The zero-order chi connectivity index (χ0) is 13.8. The molecule has 0 N–H and O–H groups in total. The molecule has 1 aromatic rings. The Morgan fingerprint density at radius 1 is 1.56 bits per heavy atom. The first-order valence-electron chi connectivity index (χ1n) is 5.18. The Morgan fingerprint density at radius 2 is 2.22 bits per heavy atom. The summed E-state index contributed by atoms with van der Waals surface area (Å²) in [6.07, 6.45) is -4.30. The Morgan fingerprint density at radius 3 is 2.72 bits per heavy atom. The van der Waals surface area contributed by atoms with Crippen LogP contribution in [0.2, 0.25) is 0 Å². The largest absolute Gasteiger partial charge is 0.469 e. The highest BCUT2D eigenvalue weighted by atomic mass is 32.1. The van der Waals surface area contributed by atoms with Crippen LogP contribution in [0.1, 0.15) is 12.6 Å². The number of aromatic nitrogens is 1. The molecular weight excluding hydrogens is 269 g/mol. The van der Waals surface area contributed by atoms with Crippen molar-refractivity contribution in [2.45, 2.75) is 19.5 Å². The number of carbonyl (C=O) groups excluding carboxylic acids is 1. The van der Waals surface area contributed by atoms with Crippen molar-refractivity contribution in [1.82, 2.24) is 4.98 Å². The third-order valence-corrected chi connectivity index (χ3v) is 3.07. The number of methoxy groups -OCH3 is 1. The summed E-state index contributed by atoms with van der Waals surface area (Å²) in [5.41, 5.74) is 0.419. The fraction of sp³-hybridized carbons (Fsp3) is 0.600. The van der Waals surface area contributed by atoms with Crippen molar-refractivity contribution in [1.29, 1.82) is 0 Å². The number of hydrogen-bond donors (Lipinski definition) is 0. The molecule has 0 fully saturated rings. The topological polar surface area (TPSA) is 42.4 Å². The number of esters is 1. The van der Waals surface area contributed by atoms with Crippen LogP contribution in [-0.4, -0.2) is 37.3 Å². The van der Waals surface area contributed by atoms with Gasteiger partial charge in [0.15, 0.2) is 5.13 Å². The second-order valence-electron chi connectivity index (χ2n) is 3.50. The molecule has 1 heterocycles. The van der Waals surface area contributed by atoms with Crippen LogP contribution >= 0.6 is 11.3 Å². The highest BCUT2D eigenvalue weighted by molar-refractivity contribution is 7.13. The smallest absolute Gasteiger partial charge is 0.406 e. The summed E-state index contributed by atoms with van der Waals surface area (Å²) >= 11 is 1.08. The minimum atomic E-state index is -4.27. The number of alkyl halides is 3. The van der Waals surface area contributed by atoms with Gasteiger partial charge in [-0.1, -0.05) is 0 Å². The molecule has 0 radical (unpaired) electrons. The number of hydrogen-bond acceptors (Lipinski definition) is 5. The van der Waals surface area contributed by atoms with Crippen molar-refractivity contribution in [2.75, 3.05) is 25.1 Å². The first kappa shape index (κ1) is 14.7. The van der Waals surface area contributed by atoms with Gasteiger partial charge < -0.3 is 9.64 Å². The van der Waals surface area contributed by atoms with Gasteiger partial charge in [0.05, 0.1) is 19.2 Å². The Labute approximate surface area is 106 Å². The summed E-state index contributed by atoms with van der Waals surface area (Å²) < 4.78 is 41.4. The lowest BCUT2D eigenvalue weighted by molar-refractivity contribution is -0.139. The highest BCUT2D eigenvalue weighted by Crippen LogP contribution is 2.25. The first-order chi connectivity index (χ1) is 8.35. The monoisotopic (exact) mass is 282 g/mol. The van der Waals surface area contributed by atoms with Crippen LogP contribution in [0.5, 0.6) is 0 Å². The van der Waals surface area contributed by atoms with E-state index in [2.05, 4.69) is 9.72 Å². The molecule has 0 unspecified atom stereocenters. The van der Waals surface area contributed by atoms with Crippen LogP contribution < -0.4 is 4.90 Å². The van der Waals surface area contributed by atoms with E-state index < -0.39 is 18.7 Å². The molecule has 4 nitrogen and oxygen atoms in total. The fourth-order valence-electron chi connectivity index (χ4n) is 1.27. The van der Waals surface area contributed by atoms with E-state index in [1.54, 1.807) is 12.3 Å². The van der Waals surface area contributed by atoms with Crippen LogP contribution in [0, 0.1) is 0 Å². The van der Waals surface area contributed by atoms with Crippen molar-refractivity contribution in [3.05, 3.63) is 11.1 Å². The summed E-state index contributed by atoms with van der Waals surface area (Å²) in [5.74, 6) is -0.467. The van der Waals surface area contributed by atoms with E-state index in [1.807, 2.05) is 0 Å². The van der Waals surface area contributed by atoms with Gasteiger partial charge in [-0.25, -0.2) is 4.98 Å². The predicted octanol–water partition coefficient (Wildman–Crippen LogP) is 2.25. The minimum Gasteiger partial charge on any atom is -0.469 e. The Balaban J connectivity index is 2.73. The first-order valence-corrected chi connectivity index (χ1v) is 6.06. The Bertz CT molecular complexity index is 406. The molecule has 0 aliphatic carbocycles. The molecular formula is C10H13F3N2O2S. The van der Waals surface area contributed by atoms with E-state index in [0.717, 1.165) is 16.2 Å². The molecule has 0 bridgehead atoms. The molecule has 0 aromatic carbocycles. The van der Waals surface area contributed by atoms with Gasteiger partial charge in [-0.2, -0.15) is 13.2 Å². The van der Waals surface area contributed by atoms with Gasteiger partial charge in [-0.05, 0) is 6.92 Å². The van der Waals surface area contributed by atoms with Crippen LogP contribution in [0.25, 0.3) is 0 Å². The number of thiazole rings is 1. The van der Waals surface area contributed by atoms with Gasteiger partial charge in [0.1, 0.15) is 6.54 Å². The van der Waals surface area contributed by atoms with Crippen molar-refractivity contribution in [2.24, 2.45) is 0 Å². The average Bonchev–Trinajstić information content (AvgIpc) is 2.72. The van der Waals surface area contributed by atoms with Crippen LogP contribution in [0.15, 0.2) is 5.38 Å². The second kappa shape index (κ2) is 6.03. The normalized spacial score (nSPS) is 11.4. The summed E-state index contributed by atoms with van der Waals surface area (Å²) in [6.45, 7) is 0.770. The van der Waals surface area contributed by atoms with Crippen LogP contribution in [0.3, 0.4) is 0 Å². The molecule has 1 rings (SSSR count). The Hall–Kier alpha value is -1.31. The van der Waals surface area contributed by atoms with Gasteiger partial charge in [0, 0.05) is 11.9 Å². The number of ether oxygens (including phenoxy) is 1. The number of anilines is 1. The van der Waals surface area contributed by atoms with E-state index in [4.69, 9.17) is 0 Å². The second-order valence-corrected chi connectivity index (χ2v) is 4.34. The SMILES string of the molecule is CCN(CC(F)(F)F)c1nc(CC(=O)OC)cs1. The molecule has 0 atom stereocenters. The van der Waals surface area contributed by atoms with Gasteiger partial charge in [-0.15, -0.1) is 11.3 Å². The predicted molar refractivity (Wildman–Crippen MR) is 61.8 cm³/mol. The van der Waals surface area contributed by atoms with E-state index in [-0.39, 0.29) is 18.1 Å². The molecule has 1 aromatic heterocycles. The summed E-state index contributed by atoms with van der Waals surface area (Å²) in [5, 5.41) is 1.82. The molecule has 0 aliphatic rings. The van der Waals surface area contributed by atoms with Gasteiger partial charge >= 0.3 is 12.1 Å². The number of rotatable bonds is 5. The molecule has 0 saturated heterocycles. The standard InChI is InChI=1S/C10H13F3N2O2S/c1-3-15(6-10(11,12)13)9-14-7(5-18-9)4-8(16)17-2/h5H,3-4,6H2,1-2H3. The lowest BCUT2D eigenvalue weighted by Crippen LogP contribution is -2.34. The molecule has 102 valence electrons.